The van der Waals surface area contributed by atoms with E-state index in [4.69, 9.17) is 9.47 Å². The van der Waals surface area contributed by atoms with Crippen LogP contribution in [0.25, 0.3) is 0 Å². The lowest BCUT2D eigenvalue weighted by Gasteiger charge is -2.44. The lowest BCUT2D eigenvalue weighted by atomic mass is 9.93. The molecule has 1 atom stereocenters. The van der Waals surface area contributed by atoms with E-state index in [0.29, 0.717) is 19.1 Å². The lowest BCUT2D eigenvalue weighted by molar-refractivity contribution is 0.0667. The van der Waals surface area contributed by atoms with Gasteiger partial charge < -0.3 is 14.4 Å². The molecule has 1 aromatic heterocycles. The van der Waals surface area contributed by atoms with Crippen molar-refractivity contribution in [2.24, 2.45) is 5.92 Å². The minimum absolute atomic E-state index is 0.0865. The molecule has 0 radical (unpaired) electrons. The molecule has 1 amide bonds. The van der Waals surface area contributed by atoms with Crippen LogP contribution in [0, 0.1) is 5.92 Å². The van der Waals surface area contributed by atoms with Gasteiger partial charge in [0.05, 0.1) is 7.11 Å². The Bertz CT molecular complexity index is 1670. The molecule has 1 saturated carbocycles. The summed E-state index contributed by atoms with van der Waals surface area (Å²) in [6.45, 7) is 1.23. The first-order chi connectivity index (χ1) is 20.1. The molecule has 0 saturated heterocycles. The van der Waals surface area contributed by atoms with Crippen LogP contribution in [-0.4, -0.2) is 35.8 Å². The van der Waals surface area contributed by atoms with Crippen molar-refractivity contribution in [3.05, 3.63) is 123 Å². The zero-order chi connectivity index (χ0) is 27.9. The Kier molecular flexibility index (Phi) is 6.71. The van der Waals surface area contributed by atoms with E-state index in [-0.39, 0.29) is 35.4 Å². The molecule has 0 spiro atoms. The van der Waals surface area contributed by atoms with E-state index in [1.54, 1.807) is 13.3 Å². The number of hydrogen-bond donors (Lipinski definition) is 0. The summed E-state index contributed by atoms with van der Waals surface area (Å²) in [6, 6.07) is 25.6. The summed E-state index contributed by atoms with van der Waals surface area (Å²) in [7, 11) is 1.70. The number of carbonyl (C=O) groups is 1. The normalized spacial score (nSPS) is 17.8. The number of ether oxygens (including phenoxy) is 2. The molecule has 208 valence electrons. The van der Waals surface area contributed by atoms with E-state index in [1.807, 2.05) is 63.8 Å². The summed E-state index contributed by atoms with van der Waals surface area (Å²) in [5.41, 5.74) is 4.29. The Labute approximate surface area is 243 Å². The third-order valence-electron chi connectivity index (χ3n) is 8.06. The second kappa shape index (κ2) is 10.7. The minimum atomic E-state index is -0.302. The number of hydrogen-bond acceptors (Lipinski definition) is 6. The van der Waals surface area contributed by atoms with Crippen molar-refractivity contribution in [2.45, 2.75) is 36.1 Å². The number of aromatic nitrogens is 1. The van der Waals surface area contributed by atoms with Gasteiger partial charge in [-0.1, -0.05) is 60.7 Å². The average molecular weight is 566 g/mol. The Morgan fingerprint density at radius 2 is 1.73 bits per heavy atom. The number of amides is 1. The summed E-state index contributed by atoms with van der Waals surface area (Å²) in [6.07, 6.45) is 3.94. The zero-order valence-corrected chi connectivity index (χ0v) is 23.7. The molecule has 3 aliphatic rings. The average Bonchev–Trinajstić information content (AvgIpc) is 3.84. The fourth-order valence-corrected chi connectivity index (χ4v) is 6.95. The number of thioether (sulfide) groups is 1. The van der Waals surface area contributed by atoms with E-state index in [9.17, 15) is 9.59 Å². The molecule has 7 rings (SSSR count). The first-order valence-electron chi connectivity index (χ1n) is 14.0. The Hall–Kier alpha value is -4.17. The first-order valence-corrected chi connectivity index (χ1v) is 15.0. The molecule has 0 bridgehead atoms. The summed E-state index contributed by atoms with van der Waals surface area (Å²) >= 11 is 1.81. The van der Waals surface area contributed by atoms with Crippen molar-refractivity contribution in [1.29, 1.82) is 0 Å². The highest BCUT2D eigenvalue weighted by atomic mass is 32.2. The summed E-state index contributed by atoms with van der Waals surface area (Å²) in [5.74, 6) is 2.00. The van der Waals surface area contributed by atoms with Crippen molar-refractivity contribution in [1.82, 2.24) is 9.58 Å². The van der Waals surface area contributed by atoms with E-state index < -0.39 is 0 Å². The maximum Gasteiger partial charge on any atom is 0.277 e. The van der Waals surface area contributed by atoms with Crippen molar-refractivity contribution in [3.63, 3.8) is 0 Å². The monoisotopic (exact) mass is 565 g/mol. The number of pyridine rings is 1. The SMILES string of the molecule is COc1cccc2c1[C@@H](N1CN(CC3CC3)C(=O)c3c(OCc4ccccc4)c(=O)ccn31)c1ccccc1SC2. The van der Waals surface area contributed by atoms with Crippen LogP contribution in [0.1, 0.15) is 51.6 Å². The van der Waals surface area contributed by atoms with Crippen molar-refractivity contribution in [2.75, 3.05) is 25.3 Å². The second-order valence-corrected chi connectivity index (χ2v) is 11.8. The maximum absolute atomic E-state index is 14.1. The van der Waals surface area contributed by atoms with Crippen molar-refractivity contribution < 1.29 is 14.3 Å². The summed E-state index contributed by atoms with van der Waals surface area (Å²) in [4.78, 5) is 30.5. The van der Waals surface area contributed by atoms with Crippen LogP contribution >= 0.6 is 11.8 Å². The van der Waals surface area contributed by atoms with Gasteiger partial charge in [0.1, 0.15) is 25.1 Å². The highest BCUT2D eigenvalue weighted by molar-refractivity contribution is 7.98. The summed E-state index contributed by atoms with van der Waals surface area (Å²) in [5, 5.41) is 2.19. The topological polar surface area (TPSA) is 64.0 Å². The van der Waals surface area contributed by atoms with E-state index >= 15 is 0 Å². The molecule has 4 aromatic rings. The van der Waals surface area contributed by atoms with Crippen LogP contribution in [0.2, 0.25) is 0 Å². The van der Waals surface area contributed by atoms with Gasteiger partial charge in [0.15, 0.2) is 11.4 Å². The van der Waals surface area contributed by atoms with Gasteiger partial charge in [-0.25, -0.2) is 0 Å². The minimum Gasteiger partial charge on any atom is -0.496 e. The number of methoxy groups -OCH3 is 1. The van der Waals surface area contributed by atoms with Gasteiger partial charge in [-0.2, -0.15) is 0 Å². The third-order valence-corrected chi connectivity index (χ3v) is 9.20. The molecule has 1 fully saturated rings. The molecule has 2 aliphatic heterocycles. The van der Waals surface area contributed by atoms with Gasteiger partial charge in [-0.05, 0) is 47.6 Å². The molecule has 1 aliphatic carbocycles. The molecule has 8 heteroatoms. The van der Waals surface area contributed by atoms with Crippen LogP contribution in [0.15, 0.2) is 94.7 Å². The van der Waals surface area contributed by atoms with Gasteiger partial charge in [0, 0.05) is 35.0 Å². The van der Waals surface area contributed by atoms with Gasteiger partial charge in [0.2, 0.25) is 5.43 Å². The van der Waals surface area contributed by atoms with Gasteiger partial charge >= 0.3 is 0 Å². The third kappa shape index (κ3) is 4.76. The van der Waals surface area contributed by atoms with Crippen LogP contribution in [0.5, 0.6) is 11.5 Å². The zero-order valence-electron chi connectivity index (χ0n) is 22.9. The van der Waals surface area contributed by atoms with Gasteiger partial charge in [-0.3, -0.25) is 19.3 Å². The lowest BCUT2D eigenvalue weighted by Crippen LogP contribution is -2.56. The van der Waals surface area contributed by atoms with Crippen molar-refractivity contribution in [3.8, 4) is 11.5 Å². The number of benzene rings is 3. The van der Waals surface area contributed by atoms with E-state index in [1.165, 1.54) is 16.5 Å². The van der Waals surface area contributed by atoms with Crippen LogP contribution < -0.4 is 19.9 Å². The molecule has 41 heavy (non-hydrogen) atoms. The summed E-state index contributed by atoms with van der Waals surface area (Å²) < 4.78 is 14.0. The van der Waals surface area contributed by atoms with Crippen LogP contribution in [0.3, 0.4) is 0 Å². The largest absolute Gasteiger partial charge is 0.496 e. The molecule has 0 unspecified atom stereocenters. The fourth-order valence-electron chi connectivity index (χ4n) is 5.87. The van der Waals surface area contributed by atoms with Crippen LogP contribution in [0.4, 0.5) is 0 Å². The second-order valence-electron chi connectivity index (χ2n) is 10.8. The Balaban J connectivity index is 1.41. The number of rotatable bonds is 7. The highest BCUT2D eigenvalue weighted by Gasteiger charge is 2.41. The van der Waals surface area contributed by atoms with Crippen molar-refractivity contribution >= 4 is 17.7 Å². The van der Waals surface area contributed by atoms with Crippen LogP contribution in [-0.2, 0) is 12.4 Å². The quantitative estimate of drug-likeness (QED) is 0.291. The van der Waals surface area contributed by atoms with Gasteiger partial charge in [-0.15, -0.1) is 11.8 Å². The molecule has 3 heterocycles. The predicted octanol–water partition coefficient (Wildman–Crippen LogP) is 5.59. The Morgan fingerprint density at radius 1 is 0.927 bits per heavy atom. The maximum atomic E-state index is 14.1. The first kappa shape index (κ1) is 25.8. The standard InChI is InChI=1S/C33H31N3O4S/c1-39-27-12-7-10-24-20-41-28-13-6-5-11-25(28)30(29(24)27)36-21-34(18-22-14-15-22)33(38)31-32(26(37)16-17-35(31)36)40-19-23-8-3-2-4-9-23/h2-13,16-17,22,30H,14-15,18-21H2,1H3/t30-/m0/s1. The van der Waals surface area contributed by atoms with E-state index in [2.05, 4.69) is 35.3 Å². The van der Waals surface area contributed by atoms with Gasteiger partial charge in [0.25, 0.3) is 5.91 Å². The predicted molar refractivity (Wildman–Crippen MR) is 159 cm³/mol. The highest BCUT2D eigenvalue weighted by Crippen LogP contribution is 2.46. The smallest absolute Gasteiger partial charge is 0.277 e. The molecule has 7 nitrogen and oxygen atoms in total. The number of carbonyl (C=O) groups excluding carboxylic acids is 1. The number of fused-ring (bicyclic) bond motifs is 3. The molecule has 0 N–H and O–H groups in total. The molecule has 3 aromatic carbocycles. The number of nitrogens with zero attached hydrogens (tertiary/aromatic N) is 3. The fraction of sp³-hybridized carbons (Fsp3) is 0.273. The Morgan fingerprint density at radius 3 is 2.54 bits per heavy atom. The van der Waals surface area contributed by atoms with E-state index in [0.717, 1.165) is 41.0 Å². The molecular formula is C33H31N3O4S. The molecular weight excluding hydrogens is 534 g/mol.